The van der Waals surface area contributed by atoms with Gasteiger partial charge in [0, 0.05) is 30.8 Å². The predicted molar refractivity (Wildman–Crippen MR) is 232 cm³/mol. The molecule has 6 nitrogen and oxygen atoms in total. The van der Waals surface area contributed by atoms with E-state index in [1.807, 2.05) is 60.3 Å². The van der Waals surface area contributed by atoms with Crippen molar-refractivity contribution >= 4 is 33.1 Å². The van der Waals surface area contributed by atoms with Crippen molar-refractivity contribution < 1.29 is 4.79 Å². The van der Waals surface area contributed by atoms with Gasteiger partial charge in [-0.2, -0.15) is 0 Å². The van der Waals surface area contributed by atoms with Crippen molar-refractivity contribution in [2.24, 2.45) is 0 Å². The van der Waals surface area contributed by atoms with Gasteiger partial charge in [-0.05, 0) is 67.9 Å². The molecule has 2 atom stereocenters. The summed E-state index contributed by atoms with van der Waals surface area (Å²) in [6.45, 7) is 2.13. The molecule has 1 fully saturated rings. The molecule has 1 aliphatic carbocycles. The summed E-state index contributed by atoms with van der Waals surface area (Å²) in [6, 6.07) is 54.7. The molecule has 2 amide bonds. The van der Waals surface area contributed by atoms with Gasteiger partial charge in [0.05, 0.1) is 11.6 Å². The van der Waals surface area contributed by atoms with Gasteiger partial charge in [-0.25, -0.2) is 19.7 Å². The summed E-state index contributed by atoms with van der Waals surface area (Å²) in [5.74, 6) is 1.85. The Morgan fingerprint density at radius 1 is 0.491 bits per heavy atom. The number of benzene rings is 7. The van der Waals surface area contributed by atoms with E-state index in [0.29, 0.717) is 17.5 Å². The Hall–Kier alpha value is -7.18. The molecule has 6 heteroatoms. The number of likely N-dealkylation sites (N-methyl/N-ethyl adjacent to an activating group) is 2. The number of carbonyl (C=O) groups is 1. The van der Waals surface area contributed by atoms with E-state index in [9.17, 15) is 4.79 Å². The minimum Gasteiger partial charge on any atom is -0.319 e. The van der Waals surface area contributed by atoms with Gasteiger partial charge in [0.15, 0.2) is 17.5 Å². The van der Waals surface area contributed by atoms with Crippen LogP contribution in [-0.4, -0.2) is 56.5 Å². The van der Waals surface area contributed by atoms with Crippen LogP contribution in [0.25, 0.3) is 83.5 Å². The van der Waals surface area contributed by atoms with Crippen LogP contribution in [0.1, 0.15) is 12.5 Å². The summed E-state index contributed by atoms with van der Waals surface area (Å²) < 4.78 is 0. The fourth-order valence-electron chi connectivity index (χ4n) is 8.65. The first-order valence-electron chi connectivity index (χ1n) is 19.3. The normalized spacial score (nSPS) is 17.6. The number of carbonyl (C=O) groups excluding carboxylic acids is 1. The molecule has 1 aliphatic heterocycles. The zero-order valence-corrected chi connectivity index (χ0v) is 32.0. The van der Waals surface area contributed by atoms with Crippen LogP contribution in [0.15, 0.2) is 176 Å². The Morgan fingerprint density at radius 3 is 1.53 bits per heavy atom. The number of nitrogens with zero attached hydrogens (tertiary/aromatic N) is 5. The van der Waals surface area contributed by atoms with Gasteiger partial charge in [0.25, 0.3) is 0 Å². The first-order valence-corrected chi connectivity index (χ1v) is 19.3. The molecule has 10 rings (SSSR count). The smallest absolute Gasteiger partial charge is 0.319 e. The van der Waals surface area contributed by atoms with Gasteiger partial charge >= 0.3 is 6.03 Å². The van der Waals surface area contributed by atoms with E-state index in [2.05, 4.69) is 146 Å². The van der Waals surface area contributed by atoms with Crippen LogP contribution in [-0.2, 0) is 0 Å². The van der Waals surface area contributed by atoms with Crippen molar-refractivity contribution in [2.75, 3.05) is 14.1 Å². The van der Waals surface area contributed by atoms with E-state index >= 15 is 0 Å². The summed E-state index contributed by atoms with van der Waals surface area (Å²) in [4.78, 5) is 32.0. The molecule has 0 spiro atoms. The molecular weight excluding hydrogens is 699 g/mol. The van der Waals surface area contributed by atoms with Crippen LogP contribution in [0.5, 0.6) is 0 Å². The Balaban J connectivity index is 1.12. The van der Waals surface area contributed by atoms with Crippen LogP contribution in [0.3, 0.4) is 0 Å². The first kappa shape index (κ1) is 34.3. The molecule has 2 heterocycles. The maximum atomic E-state index is 13.1. The molecule has 0 bridgehead atoms. The molecule has 0 N–H and O–H groups in total. The Kier molecular flexibility index (Phi) is 8.15. The highest BCUT2D eigenvalue weighted by Crippen LogP contribution is 2.45. The molecule has 0 radical (unpaired) electrons. The molecule has 2 unspecified atom stereocenters. The third-order valence-electron chi connectivity index (χ3n) is 11.8. The third kappa shape index (κ3) is 5.72. The number of amides is 2. The largest absolute Gasteiger partial charge is 0.320 e. The predicted octanol–water partition coefficient (Wildman–Crippen LogP) is 11.6. The third-order valence-corrected chi connectivity index (χ3v) is 11.8. The van der Waals surface area contributed by atoms with Crippen LogP contribution in [0.2, 0.25) is 0 Å². The van der Waals surface area contributed by atoms with E-state index in [1.165, 1.54) is 5.56 Å². The summed E-state index contributed by atoms with van der Waals surface area (Å²) in [6.07, 6.45) is 6.67. The molecule has 8 aromatic rings. The van der Waals surface area contributed by atoms with Crippen LogP contribution in [0, 0.1) is 0 Å². The molecule has 7 aromatic carbocycles. The average molecular weight is 738 g/mol. The van der Waals surface area contributed by atoms with E-state index in [-0.39, 0.29) is 12.1 Å². The van der Waals surface area contributed by atoms with E-state index in [1.54, 1.807) is 0 Å². The maximum Gasteiger partial charge on any atom is 0.320 e. The second-order valence-corrected chi connectivity index (χ2v) is 15.1. The fraction of sp³-hybridized carbons (Fsp3) is 0.0980. The molecule has 1 saturated heterocycles. The lowest BCUT2D eigenvalue weighted by Crippen LogP contribution is -2.46. The number of urea groups is 1. The molecule has 274 valence electrons. The molecule has 2 aliphatic rings. The van der Waals surface area contributed by atoms with Crippen molar-refractivity contribution in [1.82, 2.24) is 24.8 Å². The Labute approximate surface area is 332 Å². The van der Waals surface area contributed by atoms with Gasteiger partial charge in [-0.1, -0.05) is 170 Å². The van der Waals surface area contributed by atoms with Gasteiger partial charge in [-0.15, -0.1) is 0 Å². The zero-order valence-electron chi connectivity index (χ0n) is 32.0. The Bertz CT molecular complexity index is 2860. The number of fused-ring (bicyclic) bond motifs is 3. The fourth-order valence-corrected chi connectivity index (χ4v) is 8.65. The van der Waals surface area contributed by atoms with Gasteiger partial charge < -0.3 is 9.80 Å². The second kappa shape index (κ2) is 13.5. The second-order valence-electron chi connectivity index (χ2n) is 15.1. The average Bonchev–Trinajstić information content (AvgIpc) is 3.44. The molecule has 57 heavy (non-hydrogen) atoms. The molecule has 0 saturated carbocycles. The van der Waals surface area contributed by atoms with Crippen molar-refractivity contribution in [3.8, 4) is 56.4 Å². The van der Waals surface area contributed by atoms with Crippen LogP contribution >= 0.6 is 0 Å². The summed E-state index contributed by atoms with van der Waals surface area (Å²) in [7, 11) is 3.79. The minimum absolute atomic E-state index is 0.0248. The number of aromatic nitrogens is 3. The topological polar surface area (TPSA) is 62.2 Å². The van der Waals surface area contributed by atoms with E-state index in [4.69, 9.17) is 15.0 Å². The van der Waals surface area contributed by atoms with Gasteiger partial charge in [0.2, 0.25) is 0 Å². The highest BCUT2D eigenvalue weighted by molar-refractivity contribution is 6.19. The van der Waals surface area contributed by atoms with Gasteiger partial charge in [-0.3, -0.25) is 0 Å². The Morgan fingerprint density at radius 2 is 0.930 bits per heavy atom. The van der Waals surface area contributed by atoms with Crippen molar-refractivity contribution in [3.63, 3.8) is 0 Å². The number of allylic oxidation sites excluding steroid dienone is 2. The number of rotatable bonds is 6. The number of hydrogen-bond donors (Lipinski definition) is 0. The van der Waals surface area contributed by atoms with Crippen LogP contribution < -0.4 is 0 Å². The lowest BCUT2D eigenvalue weighted by atomic mass is 9.80. The molecule has 1 aromatic heterocycles. The molecular formula is C51H39N5O. The summed E-state index contributed by atoms with van der Waals surface area (Å²) in [5.41, 5.74) is 9.15. The van der Waals surface area contributed by atoms with Gasteiger partial charge in [0.1, 0.15) is 0 Å². The standard InChI is InChI=1S/C51H39N5O/c1-51-30-29-38(32-44(51)55(2)50(57)56(51)3)46-42-23-12-10-21-40(42)45(41-22-11-13-24-43(41)46)37-19-14-20-39(31-37)49-53-47(35-17-8-5-9-18-35)52-48(54-49)36-27-25-34(26-28-36)33-15-6-4-7-16-33/h4-32,44H,1-3H3. The van der Waals surface area contributed by atoms with Crippen molar-refractivity contribution in [1.29, 1.82) is 0 Å². The highest BCUT2D eigenvalue weighted by atomic mass is 16.2. The van der Waals surface area contributed by atoms with Crippen molar-refractivity contribution in [2.45, 2.75) is 18.5 Å². The summed E-state index contributed by atoms with van der Waals surface area (Å²) in [5, 5.41) is 4.62. The minimum atomic E-state index is -0.414. The lowest BCUT2D eigenvalue weighted by Gasteiger charge is -2.35. The first-order chi connectivity index (χ1) is 27.9. The lowest BCUT2D eigenvalue weighted by molar-refractivity contribution is 0.195. The zero-order chi connectivity index (χ0) is 38.7. The van der Waals surface area contributed by atoms with E-state index < -0.39 is 5.54 Å². The van der Waals surface area contributed by atoms with Crippen LogP contribution in [0.4, 0.5) is 4.79 Å². The van der Waals surface area contributed by atoms with Crippen molar-refractivity contribution in [3.05, 3.63) is 182 Å². The van der Waals surface area contributed by atoms with E-state index in [0.717, 1.165) is 66.1 Å². The SMILES string of the molecule is CN1C(=O)N(C)C2(C)C=CC(c3c4ccccc4c(-c4cccc(-c5nc(-c6ccccc6)nc(-c6ccc(-c7ccccc7)cc6)n5)c4)c4ccccc34)=CC12. The number of hydrogen-bond acceptors (Lipinski definition) is 4. The highest BCUT2D eigenvalue weighted by Gasteiger charge is 2.50. The maximum absolute atomic E-state index is 13.1. The quantitative estimate of drug-likeness (QED) is 0.159. The summed E-state index contributed by atoms with van der Waals surface area (Å²) >= 11 is 0. The monoisotopic (exact) mass is 737 g/mol.